The predicted molar refractivity (Wildman–Crippen MR) is 54.0 cm³/mol. The van der Waals surface area contributed by atoms with Gasteiger partial charge < -0.3 is 21.7 Å². The topological polar surface area (TPSA) is 92.5 Å². The van der Waals surface area contributed by atoms with Crippen LogP contribution in [-0.4, -0.2) is 15.3 Å². The molecule has 0 amide bonds. The summed E-state index contributed by atoms with van der Waals surface area (Å²) in [6.45, 7) is 1.27. The molecule has 0 saturated heterocycles. The van der Waals surface area contributed by atoms with Gasteiger partial charge in [-0.3, -0.25) is 0 Å². The third-order valence-corrected chi connectivity index (χ3v) is 2.32. The number of nitrogens with two attached hydrogens (primary N) is 2. The molecule has 4 nitrogen and oxygen atoms in total. The Labute approximate surface area is 80.6 Å². The summed E-state index contributed by atoms with van der Waals surface area (Å²) in [7, 11) is 0. The van der Waals surface area contributed by atoms with E-state index in [2.05, 4.69) is 0 Å². The molecule has 13 heavy (non-hydrogen) atoms. The van der Waals surface area contributed by atoms with Crippen molar-refractivity contribution in [3.8, 4) is 0 Å². The normalized spacial score (nSPS) is 11.6. The number of hydrogen-bond acceptors (Lipinski definition) is 5. The first-order valence-corrected chi connectivity index (χ1v) is 4.49. The highest BCUT2D eigenvalue weighted by Gasteiger charge is 2.18. The first-order chi connectivity index (χ1) is 5.88. The van der Waals surface area contributed by atoms with Gasteiger partial charge in [-0.2, -0.15) is 0 Å². The number of rotatable bonds is 2. The van der Waals surface area contributed by atoms with Crippen LogP contribution in [0.25, 0.3) is 0 Å². The molecule has 72 valence electrons. The van der Waals surface area contributed by atoms with Crippen LogP contribution in [0.2, 0.25) is 0 Å². The van der Waals surface area contributed by atoms with E-state index in [1.807, 2.05) is 0 Å². The lowest BCUT2D eigenvalue weighted by molar-refractivity contribution is -0.0588. The van der Waals surface area contributed by atoms with Crippen molar-refractivity contribution in [1.29, 1.82) is 0 Å². The summed E-state index contributed by atoms with van der Waals surface area (Å²) in [6.07, 6.45) is 0. The van der Waals surface area contributed by atoms with Crippen LogP contribution >= 0.6 is 11.8 Å². The van der Waals surface area contributed by atoms with Crippen molar-refractivity contribution in [2.24, 2.45) is 0 Å². The third-order valence-electron chi connectivity index (χ3n) is 1.34. The fraction of sp³-hybridized carbons (Fsp3) is 0.250. The van der Waals surface area contributed by atoms with Crippen LogP contribution in [0.3, 0.4) is 0 Å². The van der Waals surface area contributed by atoms with Crippen LogP contribution in [0.15, 0.2) is 23.1 Å². The Kier molecular flexibility index (Phi) is 2.70. The zero-order valence-corrected chi connectivity index (χ0v) is 8.01. The van der Waals surface area contributed by atoms with E-state index in [1.165, 1.54) is 6.92 Å². The van der Waals surface area contributed by atoms with Crippen LogP contribution in [0.4, 0.5) is 11.4 Å². The quantitative estimate of drug-likeness (QED) is 0.319. The van der Waals surface area contributed by atoms with Crippen LogP contribution in [0, 0.1) is 0 Å². The number of aliphatic hydroxyl groups is 2. The van der Waals surface area contributed by atoms with E-state index in [1.54, 1.807) is 18.2 Å². The maximum atomic E-state index is 9.10. The molecule has 5 heteroatoms. The van der Waals surface area contributed by atoms with Gasteiger partial charge in [0.05, 0.1) is 0 Å². The van der Waals surface area contributed by atoms with Gasteiger partial charge in [0.25, 0.3) is 0 Å². The summed E-state index contributed by atoms with van der Waals surface area (Å²) in [6, 6.07) is 4.89. The van der Waals surface area contributed by atoms with Gasteiger partial charge in [-0.05, 0) is 18.2 Å². The van der Waals surface area contributed by atoms with Gasteiger partial charge in [0, 0.05) is 23.2 Å². The minimum absolute atomic E-state index is 0.444. The molecule has 0 aliphatic heterocycles. The minimum Gasteiger partial charge on any atom is -0.399 e. The Hall–Kier alpha value is -0.910. The van der Waals surface area contributed by atoms with Crippen molar-refractivity contribution in [2.45, 2.75) is 16.9 Å². The summed E-state index contributed by atoms with van der Waals surface area (Å²) in [4.78, 5) is 0.599. The Balaban J connectivity index is 2.90. The highest BCUT2D eigenvalue weighted by molar-refractivity contribution is 8.00. The third kappa shape index (κ3) is 3.14. The first kappa shape index (κ1) is 10.2. The van der Waals surface area contributed by atoms with E-state index in [0.717, 1.165) is 11.8 Å². The largest absolute Gasteiger partial charge is 0.399 e. The minimum atomic E-state index is -1.82. The van der Waals surface area contributed by atoms with Crippen LogP contribution < -0.4 is 11.5 Å². The zero-order chi connectivity index (χ0) is 10.1. The maximum Gasteiger partial charge on any atom is 0.214 e. The van der Waals surface area contributed by atoms with Crippen LogP contribution in [0.5, 0.6) is 0 Å². The zero-order valence-electron chi connectivity index (χ0n) is 7.19. The van der Waals surface area contributed by atoms with Gasteiger partial charge in [-0.1, -0.05) is 11.8 Å². The molecule has 0 radical (unpaired) electrons. The van der Waals surface area contributed by atoms with Gasteiger partial charge in [0.2, 0.25) is 5.12 Å². The molecular weight excluding hydrogens is 188 g/mol. The van der Waals surface area contributed by atoms with Crippen molar-refractivity contribution in [3.63, 3.8) is 0 Å². The number of hydrogen-bond donors (Lipinski definition) is 4. The van der Waals surface area contributed by atoms with E-state index >= 15 is 0 Å². The van der Waals surface area contributed by atoms with Crippen molar-refractivity contribution in [2.75, 3.05) is 11.5 Å². The van der Waals surface area contributed by atoms with Gasteiger partial charge in [-0.15, -0.1) is 0 Å². The standard InChI is InChI=1S/C8H12N2O2S/c1-8(11,12)13-7-3-2-5(9)4-6(7)10/h2-4,11-12H,9-10H2,1H3. The lowest BCUT2D eigenvalue weighted by Crippen LogP contribution is -2.17. The summed E-state index contributed by atoms with van der Waals surface area (Å²) in [5, 5.41) is 16.4. The molecule has 0 spiro atoms. The van der Waals surface area contributed by atoms with Gasteiger partial charge in [0.15, 0.2) is 0 Å². The smallest absolute Gasteiger partial charge is 0.214 e. The molecule has 6 N–H and O–H groups in total. The van der Waals surface area contributed by atoms with Gasteiger partial charge >= 0.3 is 0 Å². The van der Waals surface area contributed by atoms with E-state index in [-0.39, 0.29) is 0 Å². The van der Waals surface area contributed by atoms with E-state index in [0.29, 0.717) is 16.3 Å². The molecule has 0 saturated carbocycles. The molecule has 1 rings (SSSR count). The van der Waals surface area contributed by atoms with Gasteiger partial charge in [0.1, 0.15) is 0 Å². The van der Waals surface area contributed by atoms with Crippen molar-refractivity contribution < 1.29 is 10.2 Å². The highest BCUT2D eigenvalue weighted by Crippen LogP contribution is 2.33. The second-order valence-electron chi connectivity index (χ2n) is 2.83. The van der Waals surface area contributed by atoms with Crippen molar-refractivity contribution >= 4 is 23.1 Å². The number of nitrogen functional groups attached to an aromatic ring is 2. The Morgan fingerprint density at radius 2 is 1.92 bits per heavy atom. The molecule has 0 fully saturated rings. The molecule has 0 aliphatic carbocycles. The second kappa shape index (κ2) is 3.45. The number of anilines is 2. The monoisotopic (exact) mass is 200 g/mol. The summed E-state index contributed by atoms with van der Waals surface area (Å²) < 4.78 is 0. The molecular formula is C8H12N2O2S. The van der Waals surface area contributed by atoms with E-state index < -0.39 is 5.12 Å². The van der Waals surface area contributed by atoms with Crippen molar-refractivity contribution in [3.05, 3.63) is 18.2 Å². The molecule has 0 aliphatic rings. The molecule has 1 aromatic rings. The molecule has 0 unspecified atom stereocenters. The lowest BCUT2D eigenvalue weighted by atomic mass is 10.3. The molecule has 0 atom stereocenters. The van der Waals surface area contributed by atoms with Crippen LogP contribution in [-0.2, 0) is 0 Å². The summed E-state index contributed by atoms with van der Waals surface area (Å²) in [5.41, 5.74) is 12.1. The van der Waals surface area contributed by atoms with Crippen LogP contribution in [0.1, 0.15) is 6.92 Å². The fourth-order valence-electron chi connectivity index (χ4n) is 0.868. The lowest BCUT2D eigenvalue weighted by Gasteiger charge is -2.16. The highest BCUT2D eigenvalue weighted by atomic mass is 32.2. The average molecular weight is 200 g/mol. The van der Waals surface area contributed by atoms with E-state index in [4.69, 9.17) is 21.7 Å². The Morgan fingerprint density at radius 3 is 2.38 bits per heavy atom. The van der Waals surface area contributed by atoms with E-state index in [9.17, 15) is 0 Å². The SMILES string of the molecule is CC(O)(O)Sc1ccc(N)cc1N. The second-order valence-corrected chi connectivity index (χ2v) is 4.25. The summed E-state index contributed by atoms with van der Waals surface area (Å²) in [5.74, 6) is 0. The number of thioether (sulfide) groups is 1. The Morgan fingerprint density at radius 1 is 1.31 bits per heavy atom. The number of benzene rings is 1. The molecule has 0 aromatic heterocycles. The fourth-order valence-corrected chi connectivity index (χ4v) is 1.60. The average Bonchev–Trinajstić information content (AvgIpc) is 1.93. The van der Waals surface area contributed by atoms with Crippen molar-refractivity contribution in [1.82, 2.24) is 0 Å². The van der Waals surface area contributed by atoms with Gasteiger partial charge in [-0.25, -0.2) is 0 Å². The molecule has 0 bridgehead atoms. The predicted octanol–water partition coefficient (Wildman–Crippen LogP) is 0.601. The molecule has 1 aromatic carbocycles. The molecule has 0 heterocycles. The Bertz CT molecular complexity index is 310. The summed E-state index contributed by atoms with van der Waals surface area (Å²) >= 11 is 0.867. The first-order valence-electron chi connectivity index (χ1n) is 3.67. The maximum absolute atomic E-state index is 9.10.